The van der Waals surface area contributed by atoms with E-state index in [4.69, 9.17) is 0 Å². The van der Waals surface area contributed by atoms with Crippen molar-refractivity contribution in [3.63, 3.8) is 0 Å². The molecule has 1 aromatic rings. The highest BCUT2D eigenvalue weighted by atomic mass is 16.4. The van der Waals surface area contributed by atoms with E-state index < -0.39 is 11.9 Å². The number of benzene rings is 1. The molecule has 18 heavy (non-hydrogen) atoms. The number of carboxylic acids is 1. The van der Waals surface area contributed by atoms with Gasteiger partial charge >= 0.3 is 5.97 Å². The minimum Gasteiger partial charge on any atom is -0.481 e. The lowest BCUT2D eigenvalue weighted by Crippen LogP contribution is -2.27. The molecule has 1 fully saturated rings. The van der Waals surface area contributed by atoms with E-state index in [9.17, 15) is 9.90 Å². The van der Waals surface area contributed by atoms with Crippen molar-refractivity contribution in [1.82, 2.24) is 5.32 Å². The van der Waals surface area contributed by atoms with Crippen LogP contribution in [0.25, 0.3) is 0 Å². The van der Waals surface area contributed by atoms with E-state index in [1.807, 2.05) is 30.3 Å². The first-order chi connectivity index (χ1) is 8.77. The maximum atomic E-state index is 11.2. The van der Waals surface area contributed by atoms with Gasteiger partial charge in [-0.25, -0.2) is 0 Å². The fourth-order valence-corrected chi connectivity index (χ4v) is 2.20. The van der Waals surface area contributed by atoms with Gasteiger partial charge in [-0.05, 0) is 30.9 Å². The van der Waals surface area contributed by atoms with Gasteiger partial charge in [0.1, 0.15) is 0 Å². The average molecular weight is 247 g/mol. The summed E-state index contributed by atoms with van der Waals surface area (Å²) in [4.78, 5) is 11.2. The number of carbonyl (C=O) groups is 1. The molecule has 2 N–H and O–H groups in total. The largest absolute Gasteiger partial charge is 0.481 e. The predicted octanol–water partition coefficient (Wildman–Crippen LogP) is 2.63. The van der Waals surface area contributed by atoms with Crippen molar-refractivity contribution in [2.24, 2.45) is 5.92 Å². The van der Waals surface area contributed by atoms with E-state index in [0.29, 0.717) is 6.54 Å². The molecule has 0 bridgehead atoms. The molecule has 0 aromatic heterocycles. The summed E-state index contributed by atoms with van der Waals surface area (Å²) in [6, 6.07) is 9.44. The van der Waals surface area contributed by atoms with Crippen LogP contribution in [0.1, 0.15) is 37.2 Å². The number of nitrogens with one attached hydrogen (secondary N) is 1. The molecule has 0 spiro atoms. The molecule has 98 valence electrons. The van der Waals surface area contributed by atoms with Gasteiger partial charge in [0.2, 0.25) is 0 Å². The Morgan fingerprint density at radius 3 is 2.67 bits per heavy atom. The second-order valence-corrected chi connectivity index (χ2v) is 5.09. The normalized spacial score (nSPS) is 16.4. The van der Waals surface area contributed by atoms with Crippen molar-refractivity contribution in [1.29, 1.82) is 0 Å². The van der Waals surface area contributed by atoms with Crippen LogP contribution in [0.15, 0.2) is 30.3 Å². The van der Waals surface area contributed by atoms with Crippen LogP contribution in [0.2, 0.25) is 0 Å². The van der Waals surface area contributed by atoms with Crippen molar-refractivity contribution in [2.75, 3.05) is 13.1 Å². The molecule has 0 aliphatic heterocycles. The highest BCUT2D eigenvalue weighted by molar-refractivity contribution is 5.76. The Bertz CT molecular complexity index is 373. The molecule has 1 unspecified atom stereocenters. The van der Waals surface area contributed by atoms with Crippen molar-refractivity contribution in [3.8, 4) is 0 Å². The number of aliphatic carboxylic acids is 1. The van der Waals surface area contributed by atoms with Crippen LogP contribution in [0.5, 0.6) is 0 Å². The molecule has 1 atom stereocenters. The lowest BCUT2D eigenvalue weighted by Gasteiger charge is -2.13. The number of hydrogen-bond donors (Lipinski definition) is 2. The summed E-state index contributed by atoms with van der Waals surface area (Å²) in [6.45, 7) is 1.44. The van der Waals surface area contributed by atoms with Crippen LogP contribution in [0.4, 0.5) is 0 Å². The highest BCUT2D eigenvalue weighted by Gasteiger charge is 2.21. The predicted molar refractivity (Wildman–Crippen MR) is 71.6 cm³/mol. The van der Waals surface area contributed by atoms with Crippen LogP contribution in [0, 0.1) is 5.92 Å². The van der Waals surface area contributed by atoms with Gasteiger partial charge in [-0.3, -0.25) is 4.79 Å². The molecule has 3 nitrogen and oxygen atoms in total. The number of hydrogen-bond acceptors (Lipinski definition) is 2. The van der Waals surface area contributed by atoms with Gasteiger partial charge in [-0.15, -0.1) is 0 Å². The minimum atomic E-state index is -0.754. The van der Waals surface area contributed by atoms with Gasteiger partial charge in [-0.1, -0.05) is 43.2 Å². The SMILES string of the molecule is O=C(O)C(CNCCCC1CC1)c1ccccc1. The topological polar surface area (TPSA) is 49.3 Å². The quantitative estimate of drug-likeness (QED) is 0.694. The smallest absolute Gasteiger partial charge is 0.312 e. The monoisotopic (exact) mass is 247 g/mol. The maximum absolute atomic E-state index is 11.2. The fourth-order valence-electron chi connectivity index (χ4n) is 2.20. The molecule has 0 radical (unpaired) electrons. The fraction of sp³-hybridized carbons (Fsp3) is 0.533. The zero-order valence-corrected chi connectivity index (χ0v) is 10.6. The van der Waals surface area contributed by atoms with Crippen LogP contribution in [-0.2, 0) is 4.79 Å². The summed E-state index contributed by atoms with van der Waals surface area (Å²) < 4.78 is 0. The molecule has 0 heterocycles. The first-order valence-electron chi connectivity index (χ1n) is 6.76. The van der Waals surface area contributed by atoms with E-state index in [0.717, 1.165) is 24.4 Å². The third-order valence-corrected chi connectivity index (χ3v) is 3.51. The van der Waals surface area contributed by atoms with Gasteiger partial charge in [0.15, 0.2) is 0 Å². The molecule has 1 aromatic carbocycles. The molecule has 0 saturated heterocycles. The van der Waals surface area contributed by atoms with Crippen LogP contribution in [-0.4, -0.2) is 24.2 Å². The minimum absolute atomic E-state index is 0.438. The molecule has 1 aliphatic rings. The summed E-state index contributed by atoms with van der Waals surface area (Å²) in [5.74, 6) is -0.237. The van der Waals surface area contributed by atoms with Crippen LogP contribution < -0.4 is 5.32 Å². The zero-order chi connectivity index (χ0) is 12.8. The lowest BCUT2D eigenvalue weighted by atomic mass is 9.99. The second-order valence-electron chi connectivity index (χ2n) is 5.09. The van der Waals surface area contributed by atoms with Gasteiger partial charge in [0, 0.05) is 6.54 Å². The molecular formula is C15H21NO2. The van der Waals surface area contributed by atoms with Gasteiger partial charge in [0.25, 0.3) is 0 Å². The summed E-state index contributed by atoms with van der Waals surface area (Å²) in [7, 11) is 0. The third kappa shape index (κ3) is 4.15. The van der Waals surface area contributed by atoms with Crippen molar-refractivity contribution < 1.29 is 9.90 Å². The Morgan fingerprint density at radius 2 is 2.06 bits per heavy atom. The van der Waals surface area contributed by atoms with Crippen molar-refractivity contribution in [2.45, 2.75) is 31.6 Å². The summed E-state index contributed by atoms with van der Waals surface area (Å²) >= 11 is 0. The Kier molecular flexibility index (Phi) is 4.76. The van der Waals surface area contributed by atoms with E-state index in [1.165, 1.54) is 19.3 Å². The van der Waals surface area contributed by atoms with E-state index >= 15 is 0 Å². The lowest BCUT2D eigenvalue weighted by molar-refractivity contribution is -0.138. The maximum Gasteiger partial charge on any atom is 0.312 e. The van der Waals surface area contributed by atoms with Gasteiger partial charge in [0.05, 0.1) is 5.92 Å². The molecule has 0 amide bonds. The molecule has 3 heteroatoms. The van der Waals surface area contributed by atoms with Gasteiger partial charge in [-0.2, -0.15) is 0 Å². The van der Waals surface area contributed by atoms with Gasteiger partial charge < -0.3 is 10.4 Å². The Labute approximate surface area is 108 Å². The summed E-state index contributed by atoms with van der Waals surface area (Å²) in [5.41, 5.74) is 0.875. The Morgan fingerprint density at radius 1 is 1.33 bits per heavy atom. The number of carboxylic acid groups (broad SMARTS) is 1. The second kappa shape index (κ2) is 6.55. The average Bonchev–Trinajstić information content (AvgIpc) is 3.18. The first kappa shape index (κ1) is 13.1. The van der Waals surface area contributed by atoms with Crippen molar-refractivity contribution in [3.05, 3.63) is 35.9 Å². The molecule has 2 rings (SSSR count). The standard InChI is InChI=1S/C15H21NO2/c17-15(18)14(13-6-2-1-3-7-13)11-16-10-4-5-12-8-9-12/h1-3,6-7,12,14,16H,4-5,8-11H2,(H,17,18). The number of rotatable bonds is 8. The molecule has 1 aliphatic carbocycles. The Balaban J connectivity index is 1.74. The van der Waals surface area contributed by atoms with Crippen LogP contribution in [0.3, 0.4) is 0 Å². The zero-order valence-electron chi connectivity index (χ0n) is 10.6. The first-order valence-corrected chi connectivity index (χ1v) is 6.76. The summed E-state index contributed by atoms with van der Waals surface area (Å²) in [5, 5.41) is 12.5. The van der Waals surface area contributed by atoms with E-state index in [2.05, 4.69) is 5.32 Å². The molecule has 1 saturated carbocycles. The highest BCUT2D eigenvalue weighted by Crippen LogP contribution is 2.33. The van der Waals surface area contributed by atoms with E-state index in [1.54, 1.807) is 0 Å². The molecular weight excluding hydrogens is 226 g/mol. The Hall–Kier alpha value is -1.35. The van der Waals surface area contributed by atoms with E-state index in [-0.39, 0.29) is 0 Å². The summed E-state index contributed by atoms with van der Waals surface area (Å²) in [6.07, 6.45) is 5.23. The van der Waals surface area contributed by atoms with Crippen LogP contribution >= 0.6 is 0 Å². The van der Waals surface area contributed by atoms with Crippen molar-refractivity contribution >= 4 is 5.97 Å². The third-order valence-electron chi connectivity index (χ3n) is 3.51.